The number of aryl methyl sites for hydroxylation is 1. The predicted octanol–water partition coefficient (Wildman–Crippen LogP) is 2.49. The highest BCUT2D eigenvalue weighted by atomic mass is 19.2. The zero-order valence-corrected chi connectivity index (χ0v) is 12.5. The van der Waals surface area contributed by atoms with Gasteiger partial charge in [0.05, 0.1) is 17.8 Å². The maximum absolute atomic E-state index is 13.4. The lowest BCUT2D eigenvalue weighted by Crippen LogP contribution is -2.33. The van der Waals surface area contributed by atoms with Gasteiger partial charge in [-0.1, -0.05) is 12.1 Å². The molecule has 2 rings (SSSR count). The van der Waals surface area contributed by atoms with Gasteiger partial charge in [0.15, 0.2) is 17.5 Å². The standard InChI is InChI=1S/C16H13F3N2O3/c1-8-3-2-4-9(15(8)23)16(24)20-7-12(22)21-11-6-5-10(17)13(18)14(11)19/h2-6,23H,7H2,1H3,(H,20,24)(H,21,22). The normalized spacial score (nSPS) is 10.3. The van der Waals surface area contributed by atoms with Gasteiger partial charge in [0, 0.05) is 0 Å². The van der Waals surface area contributed by atoms with E-state index in [1.807, 2.05) is 5.32 Å². The second-order valence-corrected chi connectivity index (χ2v) is 4.92. The molecule has 5 nitrogen and oxygen atoms in total. The number of phenolic OH excluding ortho intramolecular Hbond substituents is 1. The summed E-state index contributed by atoms with van der Waals surface area (Å²) in [6.07, 6.45) is 0. The van der Waals surface area contributed by atoms with Crippen LogP contribution in [-0.2, 0) is 4.79 Å². The Morgan fingerprint density at radius 1 is 1.08 bits per heavy atom. The van der Waals surface area contributed by atoms with Crippen molar-refractivity contribution in [3.63, 3.8) is 0 Å². The highest BCUT2D eigenvalue weighted by Gasteiger charge is 2.17. The van der Waals surface area contributed by atoms with Crippen LogP contribution in [0.15, 0.2) is 30.3 Å². The Bertz CT molecular complexity index is 809. The molecule has 0 atom stereocenters. The average Bonchev–Trinajstić information content (AvgIpc) is 2.55. The van der Waals surface area contributed by atoms with Gasteiger partial charge in [0.2, 0.25) is 5.91 Å². The van der Waals surface area contributed by atoms with Crippen molar-refractivity contribution < 1.29 is 27.9 Å². The minimum Gasteiger partial charge on any atom is -0.507 e. The number of phenols is 1. The first-order chi connectivity index (χ1) is 11.3. The summed E-state index contributed by atoms with van der Waals surface area (Å²) in [5.74, 6) is -6.40. The molecule has 0 aromatic heterocycles. The number of benzene rings is 2. The van der Waals surface area contributed by atoms with Crippen molar-refractivity contribution in [2.24, 2.45) is 0 Å². The molecule has 2 aromatic rings. The number of hydrogen-bond donors (Lipinski definition) is 3. The van der Waals surface area contributed by atoms with E-state index in [1.54, 1.807) is 19.1 Å². The summed E-state index contributed by atoms with van der Waals surface area (Å²) >= 11 is 0. The summed E-state index contributed by atoms with van der Waals surface area (Å²) in [5, 5.41) is 14.0. The molecule has 0 fully saturated rings. The molecule has 0 bridgehead atoms. The monoisotopic (exact) mass is 338 g/mol. The minimum absolute atomic E-state index is 0.0261. The SMILES string of the molecule is Cc1cccc(C(=O)NCC(=O)Nc2ccc(F)c(F)c2F)c1O. The Balaban J connectivity index is 2.00. The number of rotatable bonds is 4. The van der Waals surface area contributed by atoms with Gasteiger partial charge in [-0.15, -0.1) is 0 Å². The number of carbonyl (C=O) groups is 2. The maximum Gasteiger partial charge on any atom is 0.255 e. The molecular formula is C16H13F3N2O3. The molecular weight excluding hydrogens is 325 g/mol. The Kier molecular flexibility index (Phi) is 5.08. The molecule has 8 heteroatoms. The Morgan fingerprint density at radius 3 is 2.50 bits per heavy atom. The van der Waals surface area contributed by atoms with Crippen LogP contribution in [0.4, 0.5) is 18.9 Å². The van der Waals surface area contributed by atoms with E-state index < -0.39 is 41.5 Å². The number of nitrogens with one attached hydrogen (secondary N) is 2. The summed E-state index contributed by atoms with van der Waals surface area (Å²) in [6, 6.07) is 6.05. The van der Waals surface area contributed by atoms with E-state index in [2.05, 4.69) is 5.32 Å². The van der Waals surface area contributed by atoms with Crippen LogP contribution in [0.5, 0.6) is 5.75 Å². The topological polar surface area (TPSA) is 78.4 Å². The van der Waals surface area contributed by atoms with Gasteiger partial charge >= 0.3 is 0 Å². The highest BCUT2D eigenvalue weighted by Crippen LogP contribution is 2.21. The lowest BCUT2D eigenvalue weighted by Gasteiger charge is -2.10. The lowest BCUT2D eigenvalue weighted by atomic mass is 10.1. The van der Waals surface area contributed by atoms with E-state index in [9.17, 15) is 27.9 Å². The van der Waals surface area contributed by atoms with E-state index in [1.165, 1.54) is 6.07 Å². The fourth-order valence-corrected chi connectivity index (χ4v) is 1.91. The van der Waals surface area contributed by atoms with Gasteiger partial charge in [-0.3, -0.25) is 9.59 Å². The number of aromatic hydroxyl groups is 1. The second-order valence-electron chi connectivity index (χ2n) is 4.92. The molecule has 0 radical (unpaired) electrons. The van der Waals surface area contributed by atoms with Crippen LogP contribution in [0.25, 0.3) is 0 Å². The van der Waals surface area contributed by atoms with Crippen LogP contribution in [-0.4, -0.2) is 23.5 Å². The van der Waals surface area contributed by atoms with Crippen LogP contribution in [0.1, 0.15) is 15.9 Å². The first kappa shape index (κ1) is 17.3. The molecule has 0 aliphatic heterocycles. The summed E-state index contributed by atoms with van der Waals surface area (Å²) in [5.41, 5.74) is -0.0932. The Labute approximate surface area is 135 Å². The van der Waals surface area contributed by atoms with E-state index in [-0.39, 0.29) is 11.3 Å². The lowest BCUT2D eigenvalue weighted by molar-refractivity contribution is -0.115. The van der Waals surface area contributed by atoms with Crippen molar-refractivity contribution in [3.05, 3.63) is 58.9 Å². The van der Waals surface area contributed by atoms with E-state index >= 15 is 0 Å². The van der Waals surface area contributed by atoms with Crippen LogP contribution >= 0.6 is 0 Å². The predicted molar refractivity (Wildman–Crippen MR) is 80.1 cm³/mol. The fourth-order valence-electron chi connectivity index (χ4n) is 1.91. The van der Waals surface area contributed by atoms with Gasteiger partial charge < -0.3 is 15.7 Å². The van der Waals surface area contributed by atoms with Crippen molar-refractivity contribution in [2.45, 2.75) is 6.92 Å². The Hall–Kier alpha value is -3.03. The fraction of sp³-hybridized carbons (Fsp3) is 0.125. The summed E-state index contributed by atoms with van der Waals surface area (Å²) in [7, 11) is 0. The van der Waals surface area contributed by atoms with E-state index in [0.717, 1.165) is 6.07 Å². The summed E-state index contributed by atoms with van der Waals surface area (Å²) in [6.45, 7) is 1.05. The van der Waals surface area contributed by atoms with Crippen molar-refractivity contribution in [1.82, 2.24) is 5.32 Å². The molecule has 126 valence electrons. The molecule has 2 amide bonds. The number of hydrogen-bond acceptors (Lipinski definition) is 3. The maximum atomic E-state index is 13.4. The number of carbonyl (C=O) groups excluding carboxylic acids is 2. The molecule has 0 saturated carbocycles. The first-order valence-corrected chi connectivity index (χ1v) is 6.81. The van der Waals surface area contributed by atoms with Crippen molar-refractivity contribution in [1.29, 1.82) is 0 Å². The molecule has 2 aromatic carbocycles. The van der Waals surface area contributed by atoms with Gasteiger partial charge in [-0.2, -0.15) is 0 Å². The van der Waals surface area contributed by atoms with Gasteiger partial charge in [-0.05, 0) is 30.7 Å². The zero-order valence-electron chi connectivity index (χ0n) is 12.5. The van der Waals surface area contributed by atoms with Crippen LogP contribution in [0, 0.1) is 24.4 Å². The molecule has 0 aliphatic rings. The number of para-hydroxylation sites is 1. The second kappa shape index (κ2) is 7.03. The van der Waals surface area contributed by atoms with Crippen molar-refractivity contribution in [3.8, 4) is 5.75 Å². The van der Waals surface area contributed by atoms with Crippen LogP contribution < -0.4 is 10.6 Å². The van der Waals surface area contributed by atoms with E-state index in [4.69, 9.17) is 0 Å². The largest absolute Gasteiger partial charge is 0.507 e. The average molecular weight is 338 g/mol. The third-order valence-corrected chi connectivity index (χ3v) is 3.20. The molecule has 0 heterocycles. The molecule has 0 aliphatic carbocycles. The molecule has 0 spiro atoms. The Morgan fingerprint density at radius 2 is 1.79 bits per heavy atom. The third-order valence-electron chi connectivity index (χ3n) is 3.20. The van der Waals surface area contributed by atoms with Gasteiger partial charge in [0.25, 0.3) is 5.91 Å². The molecule has 0 saturated heterocycles. The molecule has 0 unspecified atom stereocenters. The highest BCUT2D eigenvalue weighted by molar-refractivity contribution is 6.01. The molecule has 3 N–H and O–H groups in total. The van der Waals surface area contributed by atoms with Crippen LogP contribution in [0.3, 0.4) is 0 Å². The molecule has 24 heavy (non-hydrogen) atoms. The van der Waals surface area contributed by atoms with Crippen molar-refractivity contribution >= 4 is 17.5 Å². The number of amides is 2. The quantitative estimate of drug-likeness (QED) is 0.750. The summed E-state index contributed by atoms with van der Waals surface area (Å²) < 4.78 is 39.3. The van der Waals surface area contributed by atoms with Crippen molar-refractivity contribution in [2.75, 3.05) is 11.9 Å². The van der Waals surface area contributed by atoms with E-state index in [0.29, 0.717) is 11.6 Å². The zero-order chi connectivity index (χ0) is 17.9. The first-order valence-electron chi connectivity index (χ1n) is 6.81. The van der Waals surface area contributed by atoms with Gasteiger partial charge in [-0.25, -0.2) is 13.2 Å². The minimum atomic E-state index is -1.71. The third kappa shape index (κ3) is 3.65. The summed E-state index contributed by atoms with van der Waals surface area (Å²) in [4.78, 5) is 23.6. The number of anilines is 1. The number of halogens is 3. The smallest absolute Gasteiger partial charge is 0.255 e. The van der Waals surface area contributed by atoms with Crippen LogP contribution in [0.2, 0.25) is 0 Å². The van der Waals surface area contributed by atoms with Gasteiger partial charge in [0.1, 0.15) is 5.75 Å².